The number of nitrogens with zero attached hydrogens (tertiary/aromatic N) is 3. The lowest BCUT2D eigenvalue weighted by atomic mass is 10.2. The van der Waals surface area contributed by atoms with E-state index in [1.165, 1.54) is 5.56 Å². The average molecular weight is 370 g/mol. The second-order valence-corrected chi connectivity index (χ2v) is 8.85. The van der Waals surface area contributed by atoms with Gasteiger partial charge in [0.15, 0.2) is 0 Å². The van der Waals surface area contributed by atoms with E-state index in [0.29, 0.717) is 18.8 Å². The highest BCUT2D eigenvalue weighted by Crippen LogP contribution is 2.21. The Labute approximate surface area is 146 Å². The van der Waals surface area contributed by atoms with Gasteiger partial charge < -0.3 is 5.11 Å². The molecule has 0 bridgehead atoms. The molecule has 130 valence electrons. The van der Waals surface area contributed by atoms with Gasteiger partial charge >= 0.3 is 0 Å². The van der Waals surface area contributed by atoms with Crippen LogP contribution in [0.1, 0.15) is 23.1 Å². The minimum absolute atomic E-state index is 0.308. The van der Waals surface area contributed by atoms with Crippen molar-refractivity contribution >= 4 is 21.4 Å². The van der Waals surface area contributed by atoms with Gasteiger partial charge in [-0.1, -0.05) is 23.7 Å². The van der Waals surface area contributed by atoms with Gasteiger partial charge in [-0.3, -0.25) is 9.58 Å². The molecule has 3 rings (SSSR count). The zero-order valence-corrected chi connectivity index (χ0v) is 15.0. The lowest BCUT2D eigenvalue weighted by Gasteiger charge is -2.27. The van der Waals surface area contributed by atoms with E-state index < -0.39 is 15.9 Å². The summed E-state index contributed by atoms with van der Waals surface area (Å²) in [6.45, 7) is 3.08. The highest BCUT2D eigenvalue weighted by atomic mass is 35.5. The van der Waals surface area contributed by atoms with Crippen LogP contribution in [0.25, 0.3) is 0 Å². The van der Waals surface area contributed by atoms with Crippen LogP contribution in [-0.4, -0.2) is 46.8 Å². The molecule has 1 aliphatic rings. The van der Waals surface area contributed by atoms with Crippen molar-refractivity contribution in [3.8, 4) is 0 Å². The summed E-state index contributed by atoms with van der Waals surface area (Å²) in [5, 5.41) is 15.1. The molecule has 1 aliphatic heterocycles. The molecular formula is C16H20ClN3O3S. The standard InChI is InChI=1S/C16H20ClN3O3S/c1-24(22,23)11-16(21)15-8-14-10-19(6-7-20(14)18-15)9-12-2-4-13(17)5-3-12/h2-5,8,16,21H,6-7,9-11H2,1H3/t16-/m0/s1. The van der Waals surface area contributed by atoms with Crippen molar-refractivity contribution in [2.24, 2.45) is 0 Å². The Morgan fingerprint density at radius 1 is 1.29 bits per heavy atom. The highest BCUT2D eigenvalue weighted by Gasteiger charge is 2.23. The van der Waals surface area contributed by atoms with E-state index in [0.717, 1.165) is 30.1 Å². The van der Waals surface area contributed by atoms with Gasteiger partial charge in [0.25, 0.3) is 0 Å². The number of fused-ring (bicyclic) bond motifs is 1. The number of hydrogen-bond acceptors (Lipinski definition) is 5. The lowest BCUT2D eigenvalue weighted by Crippen LogP contribution is -2.33. The number of aromatic nitrogens is 2. The molecule has 0 radical (unpaired) electrons. The van der Waals surface area contributed by atoms with Crippen molar-refractivity contribution in [2.75, 3.05) is 18.6 Å². The maximum atomic E-state index is 11.3. The largest absolute Gasteiger partial charge is 0.386 e. The normalized spacial score (nSPS) is 16.8. The summed E-state index contributed by atoms with van der Waals surface area (Å²) in [4.78, 5) is 2.28. The molecule has 1 aromatic carbocycles. The third-order valence-corrected chi connectivity index (χ3v) is 5.19. The number of aliphatic hydroxyl groups is 1. The van der Waals surface area contributed by atoms with Crippen LogP contribution in [0.4, 0.5) is 0 Å². The topological polar surface area (TPSA) is 75.4 Å². The summed E-state index contributed by atoms with van der Waals surface area (Å²) >= 11 is 5.91. The molecule has 0 aliphatic carbocycles. The number of rotatable bonds is 5. The highest BCUT2D eigenvalue weighted by molar-refractivity contribution is 7.90. The van der Waals surface area contributed by atoms with Gasteiger partial charge in [0.2, 0.25) is 0 Å². The van der Waals surface area contributed by atoms with E-state index in [9.17, 15) is 13.5 Å². The van der Waals surface area contributed by atoms with Gasteiger partial charge in [0, 0.05) is 30.9 Å². The summed E-state index contributed by atoms with van der Waals surface area (Å²) in [5.41, 5.74) is 2.59. The second-order valence-electron chi connectivity index (χ2n) is 6.23. The molecule has 1 atom stereocenters. The van der Waals surface area contributed by atoms with Crippen LogP contribution in [0.5, 0.6) is 0 Å². The predicted octanol–water partition coefficient (Wildman–Crippen LogP) is 1.63. The van der Waals surface area contributed by atoms with Crippen LogP contribution in [0.3, 0.4) is 0 Å². The Bertz CT molecular complexity index is 818. The third-order valence-electron chi connectivity index (χ3n) is 4.02. The average Bonchev–Trinajstić information content (AvgIpc) is 2.91. The maximum absolute atomic E-state index is 11.3. The first-order valence-corrected chi connectivity index (χ1v) is 10.1. The molecule has 6 nitrogen and oxygen atoms in total. The van der Waals surface area contributed by atoms with E-state index in [1.807, 2.05) is 28.9 Å². The fraction of sp³-hybridized carbons (Fsp3) is 0.438. The quantitative estimate of drug-likeness (QED) is 0.867. The van der Waals surface area contributed by atoms with E-state index in [4.69, 9.17) is 11.6 Å². The molecule has 1 aromatic heterocycles. The van der Waals surface area contributed by atoms with Gasteiger partial charge in [-0.05, 0) is 23.8 Å². The van der Waals surface area contributed by atoms with Crippen molar-refractivity contribution in [1.29, 1.82) is 0 Å². The Morgan fingerprint density at radius 3 is 2.67 bits per heavy atom. The Kier molecular flexibility index (Phi) is 4.96. The number of sulfone groups is 1. The van der Waals surface area contributed by atoms with E-state index in [-0.39, 0.29) is 5.75 Å². The number of hydrogen-bond donors (Lipinski definition) is 1. The van der Waals surface area contributed by atoms with Crippen molar-refractivity contribution in [1.82, 2.24) is 14.7 Å². The number of halogens is 1. The van der Waals surface area contributed by atoms with E-state index in [2.05, 4.69) is 10.00 Å². The van der Waals surface area contributed by atoms with Crippen LogP contribution in [-0.2, 0) is 29.5 Å². The molecule has 0 amide bonds. The van der Waals surface area contributed by atoms with Gasteiger partial charge in [0.05, 0.1) is 23.7 Å². The first kappa shape index (κ1) is 17.4. The molecule has 0 fully saturated rings. The molecule has 8 heteroatoms. The lowest BCUT2D eigenvalue weighted by molar-refractivity contribution is 0.191. The Balaban J connectivity index is 1.68. The summed E-state index contributed by atoms with van der Waals surface area (Å²) in [7, 11) is -3.25. The van der Waals surface area contributed by atoms with Gasteiger partial charge in [0.1, 0.15) is 15.9 Å². The molecule has 1 N–H and O–H groups in total. The molecule has 0 unspecified atom stereocenters. The molecule has 2 heterocycles. The Hall–Kier alpha value is -1.41. The Morgan fingerprint density at radius 2 is 2.00 bits per heavy atom. The monoisotopic (exact) mass is 369 g/mol. The molecule has 24 heavy (non-hydrogen) atoms. The van der Waals surface area contributed by atoms with Crippen molar-refractivity contribution in [3.05, 3.63) is 52.3 Å². The van der Waals surface area contributed by atoms with Crippen LogP contribution < -0.4 is 0 Å². The van der Waals surface area contributed by atoms with Gasteiger partial charge in [-0.15, -0.1) is 0 Å². The minimum atomic E-state index is -3.25. The molecule has 0 saturated carbocycles. The van der Waals surface area contributed by atoms with Crippen molar-refractivity contribution in [3.63, 3.8) is 0 Å². The van der Waals surface area contributed by atoms with Crippen molar-refractivity contribution < 1.29 is 13.5 Å². The first-order chi connectivity index (χ1) is 11.3. The summed E-state index contributed by atoms with van der Waals surface area (Å²) < 4.78 is 24.5. The van der Waals surface area contributed by atoms with Crippen LogP contribution in [0, 0.1) is 0 Å². The first-order valence-electron chi connectivity index (χ1n) is 7.69. The molecule has 2 aromatic rings. The number of benzene rings is 1. The van der Waals surface area contributed by atoms with Crippen LogP contribution in [0.2, 0.25) is 5.02 Å². The molecule has 0 spiro atoms. The van der Waals surface area contributed by atoms with Crippen LogP contribution in [0.15, 0.2) is 30.3 Å². The summed E-state index contributed by atoms with van der Waals surface area (Å²) in [6.07, 6.45) is 0.0304. The predicted molar refractivity (Wildman–Crippen MR) is 92.5 cm³/mol. The maximum Gasteiger partial charge on any atom is 0.150 e. The van der Waals surface area contributed by atoms with E-state index >= 15 is 0 Å². The minimum Gasteiger partial charge on any atom is -0.386 e. The number of aliphatic hydroxyl groups excluding tert-OH is 1. The second kappa shape index (κ2) is 6.84. The van der Waals surface area contributed by atoms with E-state index in [1.54, 1.807) is 6.07 Å². The summed E-state index contributed by atoms with van der Waals surface area (Å²) in [6, 6.07) is 9.57. The fourth-order valence-electron chi connectivity index (χ4n) is 2.86. The van der Waals surface area contributed by atoms with Gasteiger partial charge in [-0.25, -0.2) is 8.42 Å². The smallest absolute Gasteiger partial charge is 0.150 e. The molecular weight excluding hydrogens is 350 g/mol. The fourth-order valence-corrected chi connectivity index (χ4v) is 3.73. The summed E-state index contributed by atoms with van der Waals surface area (Å²) in [5.74, 6) is -0.308. The van der Waals surface area contributed by atoms with Crippen molar-refractivity contribution in [2.45, 2.75) is 25.7 Å². The molecule has 0 saturated heterocycles. The SMILES string of the molecule is CS(=O)(=O)C[C@H](O)c1cc2n(n1)CCN(Cc1ccc(Cl)cc1)C2. The zero-order valence-electron chi connectivity index (χ0n) is 13.4. The zero-order chi connectivity index (χ0) is 17.3. The third kappa shape index (κ3) is 4.36. The van der Waals surface area contributed by atoms with Crippen LogP contribution >= 0.6 is 11.6 Å². The van der Waals surface area contributed by atoms with Gasteiger partial charge in [-0.2, -0.15) is 5.10 Å².